The molecule has 0 aliphatic heterocycles. The average molecular weight is 246 g/mol. The van der Waals surface area contributed by atoms with E-state index in [1.165, 1.54) is 6.20 Å². The van der Waals surface area contributed by atoms with Crippen molar-refractivity contribution in [1.29, 1.82) is 5.26 Å². The molecule has 1 N–H and O–H groups in total. The monoisotopic (exact) mass is 246 g/mol. The number of anilines is 1. The Morgan fingerprint density at radius 2 is 2.28 bits per heavy atom. The van der Waals surface area contributed by atoms with Crippen molar-refractivity contribution < 1.29 is 4.79 Å². The van der Waals surface area contributed by atoms with E-state index in [1.54, 1.807) is 12.1 Å². The molecule has 0 saturated carbocycles. The van der Waals surface area contributed by atoms with E-state index in [1.807, 2.05) is 31.7 Å². The van der Waals surface area contributed by atoms with E-state index >= 15 is 0 Å². The van der Waals surface area contributed by atoms with Crippen molar-refractivity contribution in [1.82, 2.24) is 10.3 Å². The Bertz CT molecular complexity index is 433. The molecule has 5 heteroatoms. The van der Waals surface area contributed by atoms with Crippen molar-refractivity contribution in [3.8, 4) is 6.07 Å². The largest absolute Gasteiger partial charge is 0.352 e. The fourth-order valence-corrected chi connectivity index (χ4v) is 1.54. The molecule has 1 rings (SSSR count). The second-order valence-electron chi connectivity index (χ2n) is 4.25. The number of carbonyl (C=O) groups is 1. The Morgan fingerprint density at radius 3 is 2.72 bits per heavy atom. The summed E-state index contributed by atoms with van der Waals surface area (Å²) in [4.78, 5) is 17.7. The summed E-state index contributed by atoms with van der Waals surface area (Å²) in [6.45, 7) is 6.77. The summed E-state index contributed by atoms with van der Waals surface area (Å²) in [5.41, 5.74) is 0.515. The number of hydrogen-bond acceptors (Lipinski definition) is 4. The highest BCUT2D eigenvalue weighted by Gasteiger charge is 2.11. The molecule has 1 aromatic heterocycles. The lowest BCUT2D eigenvalue weighted by Gasteiger charge is -2.21. The van der Waals surface area contributed by atoms with Gasteiger partial charge in [-0.2, -0.15) is 5.26 Å². The highest BCUT2D eigenvalue weighted by Crippen LogP contribution is 2.10. The number of nitrogens with zero attached hydrogens (tertiary/aromatic N) is 3. The van der Waals surface area contributed by atoms with Crippen LogP contribution in [-0.2, 0) is 4.79 Å². The third-order valence-corrected chi connectivity index (χ3v) is 2.37. The smallest absolute Gasteiger partial charge is 0.239 e. The van der Waals surface area contributed by atoms with Crippen LogP contribution >= 0.6 is 0 Å². The molecule has 0 aromatic carbocycles. The fraction of sp³-hybridized carbons (Fsp3) is 0.462. The summed E-state index contributed by atoms with van der Waals surface area (Å²) in [5.74, 6) is 0.674. The molecule has 0 bridgehead atoms. The third-order valence-electron chi connectivity index (χ3n) is 2.37. The van der Waals surface area contributed by atoms with Gasteiger partial charge in [0.2, 0.25) is 5.91 Å². The summed E-state index contributed by atoms with van der Waals surface area (Å²) in [7, 11) is 0. The van der Waals surface area contributed by atoms with E-state index in [2.05, 4.69) is 10.3 Å². The minimum atomic E-state index is -0.0296. The zero-order valence-corrected chi connectivity index (χ0v) is 11.0. The predicted octanol–water partition coefficient (Wildman–Crippen LogP) is 1.30. The molecule has 0 aliphatic rings. The van der Waals surface area contributed by atoms with Gasteiger partial charge in [0.05, 0.1) is 12.1 Å². The van der Waals surface area contributed by atoms with Crippen LogP contribution in [0.4, 0.5) is 5.82 Å². The second kappa shape index (κ2) is 6.60. The van der Waals surface area contributed by atoms with Crippen molar-refractivity contribution in [2.75, 3.05) is 18.0 Å². The maximum atomic E-state index is 11.7. The van der Waals surface area contributed by atoms with Gasteiger partial charge in [-0.3, -0.25) is 4.79 Å². The first kappa shape index (κ1) is 14.0. The SMILES string of the molecule is CCN(CC(=O)NC(C)C)c1ccc(C#N)cn1. The third kappa shape index (κ3) is 4.06. The minimum absolute atomic E-state index is 0.0296. The lowest BCUT2D eigenvalue weighted by Crippen LogP contribution is -2.40. The lowest BCUT2D eigenvalue weighted by molar-refractivity contribution is -0.120. The molecule has 0 spiro atoms. The van der Waals surface area contributed by atoms with E-state index in [-0.39, 0.29) is 18.5 Å². The summed E-state index contributed by atoms with van der Waals surface area (Å²) >= 11 is 0. The maximum Gasteiger partial charge on any atom is 0.239 e. The Kier molecular flexibility index (Phi) is 5.12. The quantitative estimate of drug-likeness (QED) is 0.850. The second-order valence-corrected chi connectivity index (χ2v) is 4.25. The van der Waals surface area contributed by atoms with E-state index < -0.39 is 0 Å². The topological polar surface area (TPSA) is 69.0 Å². The van der Waals surface area contributed by atoms with E-state index in [0.717, 1.165) is 0 Å². The number of amides is 1. The van der Waals surface area contributed by atoms with E-state index in [9.17, 15) is 4.79 Å². The molecule has 18 heavy (non-hydrogen) atoms. The Hall–Kier alpha value is -2.09. The van der Waals surface area contributed by atoms with Gasteiger partial charge in [0, 0.05) is 18.8 Å². The number of nitrogens with one attached hydrogen (secondary N) is 1. The fourth-order valence-electron chi connectivity index (χ4n) is 1.54. The molecular weight excluding hydrogens is 228 g/mol. The Balaban J connectivity index is 2.71. The van der Waals surface area contributed by atoms with Gasteiger partial charge in [0.15, 0.2) is 0 Å². The van der Waals surface area contributed by atoms with Gasteiger partial charge in [0.25, 0.3) is 0 Å². The van der Waals surface area contributed by atoms with Gasteiger partial charge in [-0.1, -0.05) is 0 Å². The van der Waals surface area contributed by atoms with Gasteiger partial charge < -0.3 is 10.2 Å². The van der Waals surface area contributed by atoms with Crippen molar-refractivity contribution in [3.63, 3.8) is 0 Å². The summed E-state index contributed by atoms with van der Waals surface area (Å²) in [5, 5.41) is 11.5. The van der Waals surface area contributed by atoms with Crippen LogP contribution in [-0.4, -0.2) is 30.0 Å². The normalized spacial score (nSPS) is 9.94. The molecule has 0 atom stereocenters. The molecule has 96 valence electrons. The molecule has 1 amide bonds. The molecule has 0 radical (unpaired) electrons. The molecular formula is C13H18N4O. The zero-order chi connectivity index (χ0) is 13.5. The van der Waals surface area contributed by atoms with Gasteiger partial charge >= 0.3 is 0 Å². The average Bonchev–Trinajstić information content (AvgIpc) is 2.35. The number of likely N-dealkylation sites (N-methyl/N-ethyl adjacent to an activating group) is 1. The molecule has 0 aliphatic carbocycles. The summed E-state index contributed by atoms with van der Waals surface area (Å²) < 4.78 is 0. The van der Waals surface area contributed by atoms with Crippen LogP contribution in [0.5, 0.6) is 0 Å². The lowest BCUT2D eigenvalue weighted by atomic mass is 10.3. The standard InChI is InChI=1S/C13H18N4O/c1-4-17(9-13(18)16-10(2)3)12-6-5-11(7-14)8-15-12/h5-6,8,10H,4,9H2,1-3H3,(H,16,18). The molecule has 0 fully saturated rings. The molecule has 0 saturated heterocycles. The molecule has 5 nitrogen and oxygen atoms in total. The van der Waals surface area contributed by atoms with Crippen LogP contribution < -0.4 is 10.2 Å². The van der Waals surface area contributed by atoms with Crippen LogP contribution in [0, 0.1) is 11.3 Å². The van der Waals surface area contributed by atoms with Gasteiger partial charge in [-0.05, 0) is 32.9 Å². The number of rotatable bonds is 5. The predicted molar refractivity (Wildman–Crippen MR) is 70.1 cm³/mol. The Labute approximate surface area is 107 Å². The van der Waals surface area contributed by atoms with Crippen molar-refractivity contribution in [2.24, 2.45) is 0 Å². The first-order valence-corrected chi connectivity index (χ1v) is 5.97. The first-order valence-electron chi connectivity index (χ1n) is 5.97. The van der Waals surface area contributed by atoms with Crippen LogP contribution in [0.3, 0.4) is 0 Å². The summed E-state index contributed by atoms with van der Waals surface area (Å²) in [6, 6.07) is 5.60. The molecule has 1 aromatic rings. The number of aromatic nitrogens is 1. The number of carbonyl (C=O) groups excluding carboxylic acids is 1. The van der Waals surface area contributed by atoms with Crippen molar-refractivity contribution in [2.45, 2.75) is 26.8 Å². The summed E-state index contributed by atoms with van der Waals surface area (Å²) in [6.07, 6.45) is 1.51. The Morgan fingerprint density at radius 1 is 1.56 bits per heavy atom. The highest BCUT2D eigenvalue weighted by molar-refractivity contribution is 5.81. The van der Waals surface area contributed by atoms with Crippen LogP contribution in [0.15, 0.2) is 18.3 Å². The number of nitriles is 1. The van der Waals surface area contributed by atoms with Crippen LogP contribution in [0.1, 0.15) is 26.3 Å². The van der Waals surface area contributed by atoms with Crippen LogP contribution in [0.25, 0.3) is 0 Å². The van der Waals surface area contributed by atoms with E-state index in [4.69, 9.17) is 5.26 Å². The highest BCUT2D eigenvalue weighted by atomic mass is 16.2. The van der Waals surface area contributed by atoms with Gasteiger partial charge in [-0.25, -0.2) is 4.98 Å². The van der Waals surface area contributed by atoms with E-state index in [0.29, 0.717) is 17.9 Å². The maximum absolute atomic E-state index is 11.7. The zero-order valence-electron chi connectivity index (χ0n) is 11.0. The molecule has 1 heterocycles. The first-order chi connectivity index (χ1) is 8.56. The van der Waals surface area contributed by atoms with Crippen molar-refractivity contribution >= 4 is 11.7 Å². The minimum Gasteiger partial charge on any atom is -0.352 e. The van der Waals surface area contributed by atoms with Crippen LogP contribution in [0.2, 0.25) is 0 Å². The number of pyridine rings is 1. The van der Waals surface area contributed by atoms with Crippen molar-refractivity contribution in [3.05, 3.63) is 23.9 Å². The van der Waals surface area contributed by atoms with Gasteiger partial charge in [-0.15, -0.1) is 0 Å². The molecule has 0 unspecified atom stereocenters. The number of hydrogen-bond donors (Lipinski definition) is 1. The van der Waals surface area contributed by atoms with Gasteiger partial charge in [0.1, 0.15) is 11.9 Å².